The number of urea groups is 1. The quantitative estimate of drug-likeness (QED) is 0.667. The fraction of sp³-hybridized carbons (Fsp3) is 0.476. The van der Waals surface area contributed by atoms with Crippen molar-refractivity contribution in [3.05, 3.63) is 52.9 Å². The molecule has 3 N–H and O–H groups in total. The summed E-state index contributed by atoms with van der Waals surface area (Å²) in [6, 6.07) is 9.30. The first-order valence-electron chi connectivity index (χ1n) is 10.1. The second-order valence-electron chi connectivity index (χ2n) is 7.83. The van der Waals surface area contributed by atoms with E-state index in [0.29, 0.717) is 12.1 Å². The predicted molar refractivity (Wildman–Crippen MR) is 108 cm³/mol. The van der Waals surface area contributed by atoms with Crippen molar-refractivity contribution in [2.45, 2.75) is 39.9 Å². The third kappa shape index (κ3) is 6.05. The van der Waals surface area contributed by atoms with E-state index >= 15 is 0 Å². The Bertz CT molecular complexity index is 823. The van der Waals surface area contributed by atoms with E-state index in [9.17, 15) is 9.59 Å². The molecule has 1 fully saturated rings. The molecule has 1 aromatic carbocycles. The molecule has 0 spiro atoms. The number of aryl methyl sites for hydroxylation is 1. The number of rotatable bonds is 6. The van der Waals surface area contributed by atoms with Crippen molar-refractivity contribution >= 4 is 11.9 Å². The van der Waals surface area contributed by atoms with Gasteiger partial charge in [0.15, 0.2) is 0 Å². The highest BCUT2D eigenvalue weighted by Gasteiger charge is 2.25. The second-order valence-corrected chi connectivity index (χ2v) is 7.83. The van der Waals surface area contributed by atoms with Gasteiger partial charge in [-0.25, -0.2) is 4.79 Å². The number of aromatic nitrogens is 1. The van der Waals surface area contributed by atoms with Crippen LogP contribution in [0, 0.1) is 6.92 Å². The Morgan fingerprint density at radius 3 is 2.48 bits per heavy atom. The first-order chi connectivity index (χ1) is 13.9. The fourth-order valence-corrected chi connectivity index (χ4v) is 3.40. The molecule has 0 unspecified atom stereocenters. The Balaban J connectivity index is 1.46. The Morgan fingerprint density at radius 1 is 1.21 bits per heavy atom. The lowest BCUT2D eigenvalue weighted by atomic mass is 10.1. The standard InChI is InChI=1S/C21H29N5O3/c1-15(2)23-21(28)22-13-17-4-6-18(7-5-17)20(27)26-10-8-25(9-11-26)14-19-12-16(3)29-24-19/h4-7,12,15H,8-11,13-14H2,1-3H3,(H2,22,23,28)/p+1. The van der Waals surface area contributed by atoms with Gasteiger partial charge >= 0.3 is 6.03 Å². The largest absolute Gasteiger partial charge is 0.361 e. The van der Waals surface area contributed by atoms with Crippen molar-refractivity contribution in [2.24, 2.45) is 0 Å². The number of piperazine rings is 1. The molecule has 1 aliphatic rings. The van der Waals surface area contributed by atoms with Crippen molar-refractivity contribution < 1.29 is 19.0 Å². The van der Waals surface area contributed by atoms with Crippen molar-refractivity contribution in [2.75, 3.05) is 26.2 Å². The summed E-state index contributed by atoms with van der Waals surface area (Å²) in [4.78, 5) is 27.7. The summed E-state index contributed by atoms with van der Waals surface area (Å²) in [5, 5.41) is 9.65. The van der Waals surface area contributed by atoms with E-state index in [2.05, 4.69) is 15.8 Å². The molecule has 29 heavy (non-hydrogen) atoms. The summed E-state index contributed by atoms with van der Waals surface area (Å²) in [5.41, 5.74) is 2.59. The molecule has 3 amide bonds. The van der Waals surface area contributed by atoms with E-state index in [1.54, 1.807) is 0 Å². The number of quaternary nitrogens is 1. The highest BCUT2D eigenvalue weighted by atomic mass is 16.5. The molecule has 1 aliphatic heterocycles. The van der Waals surface area contributed by atoms with Gasteiger partial charge in [0.1, 0.15) is 18.0 Å². The third-order valence-corrected chi connectivity index (χ3v) is 4.94. The lowest BCUT2D eigenvalue weighted by Gasteiger charge is -2.31. The van der Waals surface area contributed by atoms with E-state index < -0.39 is 0 Å². The molecule has 0 bridgehead atoms. The lowest BCUT2D eigenvalue weighted by molar-refractivity contribution is -0.917. The number of benzene rings is 1. The number of hydrogen-bond acceptors (Lipinski definition) is 4. The number of nitrogens with one attached hydrogen (secondary N) is 3. The monoisotopic (exact) mass is 400 g/mol. The van der Waals surface area contributed by atoms with E-state index in [4.69, 9.17) is 4.52 Å². The highest BCUT2D eigenvalue weighted by molar-refractivity contribution is 5.94. The minimum atomic E-state index is -0.193. The SMILES string of the molecule is Cc1cc(C[NH+]2CCN(C(=O)c3ccc(CNC(=O)NC(C)C)cc3)CC2)no1. The topological polar surface area (TPSA) is 91.9 Å². The summed E-state index contributed by atoms with van der Waals surface area (Å²) < 4.78 is 5.13. The molecule has 1 saturated heterocycles. The summed E-state index contributed by atoms with van der Waals surface area (Å²) in [7, 11) is 0. The summed E-state index contributed by atoms with van der Waals surface area (Å²) in [6.07, 6.45) is 0. The Hall–Kier alpha value is -2.87. The van der Waals surface area contributed by atoms with Crippen molar-refractivity contribution in [1.29, 1.82) is 0 Å². The average molecular weight is 401 g/mol. The maximum Gasteiger partial charge on any atom is 0.315 e. The van der Waals surface area contributed by atoms with Crippen LogP contribution >= 0.6 is 0 Å². The Morgan fingerprint density at radius 2 is 1.90 bits per heavy atom. The molecule has 8 nitrogen and oxygen atoms in total. The minimum absolute atomic E-state index is 0.0541. The van der Waals surface area contributed by atoms with Crippen LogP contribution in [0.4, 0.5) is 4.79 Å². The number of amides is 3. The summed E-state index contributed by atoms with van der Waals surface area (Å²) >= 11 is 0. The van der Waals surface area contributed by atoms with Gasteiger partial charge in [0.25, 0.3) is 5.91 Å². The summed E-state index contributed by atoms with van der Waals surface area (Å²) in [5.74, 6) is 0.880. The minimum Gasteiger partial charge on any atom is -0.361 e. The molecule has 1 aromatic heterocycles. The molecule has 0 aliphatic carbocycles. The first-order valence-corrected chi connectivity index (χ1v) is 10.1. The number of carbonyl (C=O) groups is 2. The van der Waals surface area contributed by atoms with Crippen LogP contribution in [0.25, 0.3) is 0 Å². The van der Waals surface area contributed by atoms with Crippen molar-refractivity contribution in [3.63, 3.8) is 0 Å². The van der Waals surface area contributed by atoms with Crippen LogP contribution < -0.4 is 15.5 Å². The molecule has 0 saturated carbocycles. The molecule has 2 heterocycles. The zero-order valence-corrected chi connectivity index (χ0v) is 17.3. The van der Waals surface area contributed by atoms with Gasteiger partial charge in [-0.3, -0.25) is 4.79 Å². The highest BCUT2D eigenvalue weighted by Crippen LogP contribution is 2.08. The fourth-order valence-electron chi connectivity index (χ4n) is 3.40. The average Bonchev–Trinajstić information content (AvgIpc) is 3.11. The number of carbonyl (C=O) groups excluding carboxylic acids is 2. The Kier molecular flexibility index (Phi) is 6.87. The van der Waals surface area contributed by atoms with Gasteiger partial charge in [0, 0.05) is 24.2 Å². The number of hydrogen-bond donors (Lipinski definition) is 3. The smallest absolute Gasteiger partial charge is 0.315 e. The first kappa shape index (κ1) is 20.9. The molecular weight excluding hydrogens is 370 g/mol. The van der Waals surface area contributed by atoms with Gasteiger partial charge in [-0.15, -0.1) is 0 Å². The van der Waals surface area contributed by atoms with Crippen molar-refractivity contribution in [1.82, 2.24) is 20.7 Å². The zero-order valence-electron chi connectivity index (χ0n) is 17.3. The third-order valence-electron chi connectivity index (χ3n) is 4.94. The maximum absolute atomic E-state index is 12.8. The van der Waals surface area contributed by atoms with Gasteiger partial charge in [0.2, 0.25) is 0 Å². The van der Waals surface area contributed by atoms with Gasteiger partial charge in [-0.05, 0) is 38.5 Å². The molecule has 2 aromatic rings. The van der Waals surface area contributed by atoms with Crippen LogP contribution in [0.15, 0.2) is 34.9 Å². The van der Waals surface area contributed by atoms with Gasteiger partial charge in [-0.1, -0.05) is 17.3 Å². The van der Waals surface area contributed by atoms with E-state index in [1.165, 1.54) is 4.90 Å². The molecular formula is C21H30N5O3+. The van der Waals surface area contributed by atoms with Gasteiger partial charge < -0.3 is 25.0 Å². The molecule has 3 rings (SSSR count). The normalized spacial score (nSPS) is 14.8. The molecule has 8 heteroatoms. The van der Waals surface area contributed by atoms with E-state index in [-0.39, 0.29) is 18.0 Å². The Labute approximate surface area is 171 Å². The van der Waals surface area contributed by atoms with Crippen LogP contribution in [0.1, 0.15) is 41.2 Å². The molecule has 0 radical (unpaired) electrons. The molecule has 0 atom stereocenters. The van der Waals surface area contributed by atoms with E-state index in [0.717, 1.165) is 49.7 Å². The second kappa shape index (κ2) is 9.56. The van der Waals surface area contributed by atoms with Crippen molar-refractivity contribution in [3.8, 4) is 0 Å². The van der Waals surface area contributed by atoms with Crippen LogP contribution in [0.2, 0.25) is 0 Å². The summed E-state index contributed by atoms with van der Waals surface area (Å²) in [6.45, 7) is 10.2. The van der Waals surface area contributed by atoms with Crippen LogP contribution in [0.3, 0.4) is 0 Å². The number of nitrogens with zero attached hydrogens (tertiary/aromatic N) is 2. The van der Waals surface area contributed by atoms with Crippen LogP contribution in [0.5, 0.6) is 0 Å². The molecule has 156 valence electrons. The van der Waals surface area contributed by atoms with E-state index in [1.807, 2.05) is 56.0 Å². The lowest BCUT2D eigenvalue weighted by Crippen LogP contribution is -3.13. The van der Waals surface area contributed by atoms with Gasteiger partial charge in [-0.2, -0.15) is 0 Å². The predicted octanol–water partition coefficient (Wildman–Crippen LogP) is 0.732. The van der Waals surface area contributed by atoms with Gasteiger partial charge in [0.05, 0.1) is 26.2 Å². The maximum atomic E-state index is 12.8. The van der Waals surface area contributed by atoms with Crippen LogP contribution in [-0.2, 0) is 13.1 Å². The van der Waals surface area contributed by atoms with Crippen LogP contribution in [-0.4, -0.2) is 54.2 Å². The zero-order chi connectivity index (χ0) is 20.8.